The van der Waals surface area contributed by atoms with Crippen molar-refractivity contribution >= 4 is 33.6 Å². The van der Waals surface area contributed by atoms with Gasteiger partial charge in [0.2, 0.25) is 0 Å². The molecule has 1 unspecified atom stereocenters. The molecular formula is C17H24N2O9S. The van der Waals surface area contributed by atoms with Crippen molar-refractivity contribution in [1.82, 2.24) is 10.2 Å². The van der Waals surface area contributed by atoms with E-state index >= 15 is 0 Å². The van der Waals surface area contributed by atoms with Gasteiger partial charge in [0, 0.05) is 19.6 Å². The number of amides is 2. The Morgan fingerprint density at radius 1 is 1.24 bits per heavy atom. The molecule has 0 bridgehead atoms. The lowest BCUT2D eigenvalue weighted by atomic mass is 10.0. The summed E-state index contributed by atoms with van der Waals surface area (Å²) in [5, 5.41) is 0.959. The number of carbonyl (C=O) groups excluding carboxylic acids is 4. The second kappa shape index (κ2) is 8.11. The van der Waals surface area contributed by atoms with Crippen molar-refractivity contribution in [3.05, 3.63) is 11.3 Å². The topological polar surface area (TPSA) is 145 Å². The third-order valence-electron chi connectivity index (χ3n) is 4.05. The minimum Gasteiger partial charge on any atom is -0.461 e. The summed E-state index contributed by atoms with van der Waals surface area (Å²) in [6, 6.07) is 0. The molecule has 0 aromatic heterocycles. The molecule has 0 saturated carbocycles. The maximum atomic E-state index is 12.7. The molecule has 1 saturated heterocycles. The highest BCUT2D eigenvalue weighted by atomic mass is 32.2. The summed E-state index contributed by atoms with van der Waals surface area (Å²) in [7, 11) is -2.69. The van der Waals surface area contributed by atoms with E-state index in [1.165, 1.54) is 7.11 Å². The number of carbonyl (C=O) groups is 4. The van der Waals surface area contributed by atoms with Gasteiger partial charge in [-0.3, -0.25) is 24.1 Å². The number of rotatable bonds is 6. The molecule has 2 atom stereocenters. The molecular weight excluding hydrogens is 408 g/mol. The van der Waals surface area contributed by atoms with Gasteiger partial charge < -0.3 is 19.5 Å². The minimum absolute atomic E-state index is 0.0685. The van der Waals surface area contributed by atoms with Crippen molar-refractivity contribution in [2.75, 3.05) is 26.0 Å². The second-order valence-electron chi connectivity index (χ2n) is 7.56. The van der Waals surface area contributed by atoms with Crippen LogP contribution in [0.1, 0.15) is 27.7 Å². The van der Waals surface area contributed by atoms with Crippen LogP contribution in [-0.2, 0) is 43.2 Å². The Hall–Kier alpha value is -2.47. The molecule has 0 radical (unpaired) electrons. The van der Waals surface area contributed by atoms with E-state index in [0.717, 1.165) is 11.8 Å². The van der Waals surface area contributed by atoms with Crippen LogP contribution < -0.4 is 5.32 Å². The highest BCUT2D eigenvalue weighted by Crippen LogP contribution is 2.38. The summed E-state index contributed by atoms with van der Waals surface area (Å²) in [6.45, 7) is 5.12. The molecule has 0 aliphatic carbocycles. The molecule has 1 fully saturated rings. The van der Waals surface area contributed by atoms with Gasteiger partial charge in [-0.1, -0.05) is 0 Å². The molecule has 11 nitrogen and oxygen atoms in total. The van der Waals surface area contributed by atoms with E-state index in [-0.39, 0.29) is 11.3 Å². The Kier molecular flexibility index (Phi) is 6.38. The third-order valence-corrected chi connectivity index (χ3v) is 5.99. The number of esters is 2. The van der Waals surface area contributed by atoms with E-state index in [1.54, 1.807) is 20.8 Å². The van der Waals surface area contributed by atoms with Crippen LogP contribution in [0, 0.1) is 0 Å². The number of β-lactam (4-membered cyclic amide) rings is 1. The number of ether oxygens (including phenoxy) is 3. The van der Waals surface area contributed by atoms with E-state index in [0.29, 0.717) is 0 Å². The fourth-order valence-electron chi connectivity index (χ4n) is 2.99. The molecule has 1 N–H and O–H groups in total. The Morgan fingerprint density at radius 3 is 2.38 bits per heavy atom. The molecule has 2 amide bonds. The van der Waals surface area contributed by atoms with Crippen molar-refractivity contribution in [1.29, 1.82) is 0 Å². The quantitative estimate of drug-likeness (QED) is 0.407. The van der Waals surface area contributed by atoms with Crippen molar-refractivity contribution in [2.45, 2.75) is 44.8 Å². The monoisotopic (exact) mass is 432 g/mol. The standard InChI is InChI=1S/C17H24N2O9S/c1-9(20)27-7-10-8-29(24,25)16-13(26-5)15(23)19(16)12(10)14(22)18-6-11(21)28-17(2,3)4/h13,16H,6-8H2,1-5H3,(H,18,22)/t13-,16?/m0/s1. The van der Waals surface area contributed by atoms with Crippen LogP contribution in [0.2, 0.25) is 0 Å². The highest BCUT2D eigenvalue weighted by Gasteiger charge is 2.60. The second-order valence-corrected chi connectivity index (χ2v) is 9.66. The zero-order valence-electron chi connectivity index (χ0n) is 16.8. The van der Waals surface area contributed by atoms with E-state index in [1.807, 2.05) is 0 Å². The number of hydrogen-bond donors (Lipinski definition) is 1. The van der Waals surface area contributed by atoms with Gasteiger partial charge in [-0.25, -0.2) is 8.42 Å². The Balaban J connectivity index is 2.31. The number of hydrogen-bond acceptors (Lipinski definition) is 9. The average molecular weight is 432 g/mol. The van der Waals surface area contributed by atoms with Gasteiger partial charge in [-0.2, -0.15) is 0 Å². The first-order valence-corrected chi connectivity index (χ1v) is 10.4. The van der Waals surface area contributed by atoms with E-state index in [2.05, 4.69) is 5.32 Å². The van der Waals surface area contributed by atoms with Gasteiger partial charge in [0.25, 0.3) is 11.8 Å². The van der Waals surface area contributed by atoms with Crippen molar-refractivity contribution in [3.63, 3.8) is 0 Å². The first-order chi connectivity index (χ1) is 13.3. The maximum Gasteiger partial charge on any atom is 0.325 e. The summed E-state index contributed by atoms with van der Waals surface area (Å²) >= 11 is 0. The lowest BCUT2D eigenvalue weighted by Gasteiger charge is -2.48. The largest absolute Gasteiger partial charge is 0.461 e. The molecule has 0 aromatic carbocycles. The maximum absolute atomic E-state index is 12.7. The minimum atomic E-state index is -3.88. The first kappa shape index (κ1) is 22.8. The molecule has 0 spiro atoms. The lowest BCUT2D eigenvalue weighted by Crippen LogP contribution is -2.71. The first-order valence-electron chi connectivity index (χ1n) is 8.71. The number of sulfone groups is 1. The molecule has 2 heterocycles. The number of nitrogens with one attached hydrogen (secondary N) is 1. The van der Waals surface area contributed by atoms with Gasteiger partial charge in [0.1, 0.15) is 24.4 Å². The zero-order chi connectivity index (χ0) is 22.1. The van der Waals surface area contributed by atoms with Crippen LogP contribution >= 0.6 is 0 Å². The van der Waals surface area contributed by atoms with Crippen molar-refractivity contribution in [3.8, 4) is 0 Å². The van der Waals surface area contributed by atoms with Gasteiger partial charge in [0.15, 0.2) is 21.3 Å². The molecule has 2 aliphatic heterocycles. The molecule has 0 aromatic rings. The SMILES string of the molecule is CO[C@H]1C(=O)N2C(C(=O)NCC(=O)OC(C)(C)C)=C(COC(C)=O)CS(=O)(=O)C12. The summed E-state index contributed by atoms with van der Waals surface area (Å²) < 4.78 is 40.0. The highest BCUT2D eigenvalue weighted by molar-refractivity contribution is 7.92. The zero-order valence-corrected chi connectivity index (χ0v) is 17.6. The fraction of sp³-hybridized carbons (Fsp3) is 0.647. The van der Waals surface area contributed by atoms with Gasteiger partial charge in [-0.15, -0.1) is 0 Å². The number of nitrogens with zero attached hydrogens (tertiary/aromatic N) is 1. The van der Waals surface area contributed by atoms with Gasteiger partial charge >= 0.3 is 11.9 Å². The Labute approximate surface area is 168 Å². The van der Waals surface area contributed by atoms with Crippen molar-refractivity contribution < 1.29 is 41.8 Å². The van der Waals surface area contributed by atoms with E-state index < -0.39 is 69.6 Å². The molecule has 29 heavy (non-hydrogen) atoms. The van der Waals surface area contributed by atoms with Crippen LogP contribution in [0.25, 0.3) is 0 Å². The summed E-state index contributed by atoms with van der Waals surface area (Å²) in [5.41, 5.74) is -1.10. The van der Waals surface area contributed by atoms with Gasteiger partial charge in [-0.05, 0) is 20.8 Å². The van der Waals surface area contributed by atoms with Crippen LogP contribution in [-0.4, -0.2) is 80.2 Å². The Morgan fingerprint density at radius 2 is 1.86 bits per heavy atom. The molecule has 12 heteroatoms. The van der Waals surface area contributed by atoms with Crippen LogP contribution in [0.15, 0.2) is 11.3 Å². The summed E-state index contributed by atoms with van der Waals surface area (Å²) in [6.07, 6.45) is -1.23. The van der Waals surface area contributed by atoms with E-state index in [9.17, 15) is 27.6 Å². The predicted molar refractivity (Wildman–Crippen MR) is 97.7 cm³/mol. The Bertz CT molecular complexity index is 870. The normalized spacial score (nSPS) is 23.1. The van der Waals surface area contributed by atoms with Crippen LogP contribution in [0.4, 0.5) is 0 Å². The summed E-state index contributed by atoms with van der Waals surface area (Å²) in [5.74, 6) is -3.57. The predicted octanol–water partition coefficient (Wildman–Crippen LogP) is -1.13. The molecule has 2 aliphatic rings. The number of fused-ring (bicyclic) bond motifs is 1. The lowest BCUT2D eigenvalue weighted by molar-refractivity contribution is -0.161. The molecule has 2 rings (SSSR count). The average Bonchev–Trinajstić information content (AvgIpc) is 2.56. The van der Waals surface area contributed by atoms with Gasteiger partial charge in [0.05, 0.1) is 5.75 Å². The van der Waals surface area contributed by atoms with E-state index in [4.69, 9.17) is 14.2 Å². The smallest absolute Gasteiger partial charge is 0.325 e. The van der Waals surface area contributed by atoms with Crippen molar-refractivity contribution in [2.24, 2.45) is 0 Å². The fourth-order valence-corrected chi connectivity index (χ4v) is 5.00. The summed E-state index contributed by atoms with van der Waals surface area (Å²) in [4.78, 5) is 48.9. The molecule has 162 valence electrons. The third kappa shape index (κ3) is 4.93. The van der Waals surface area contributed by atoms with Crippen LogP contribution in [0.5, 0.6) is 0 Å². The number of methoxy groups -OCH3 is 1. The van der Waals surface area contributed by atoms with Crippen LogP contribution in [0.3, 0.4) is 0 Å².